The highest BCUT2D eigenvalue weighted by Crippen LogP contribution is 2.23. The van der Waals surface area contributed by atoms with Crippen molar-refractivity contribution >= 4 is 11.8 Å². The summed E-state index contributed by atoms with van der Waals surface area (Å²) in [7, 11) is 0. The summed E-state index contributed by atoms with van der Waals surface area (Å²) in [5.41, 5.74) is 2.15. The van der Waals surface area contributed by atoms with Crippen LogP contribution in [0, 0.1) is 0 Å². The minimum Gasteiger partial charge on any atom is -0.444 e. The van der Waals surface area contributed by atoms with Gasteiger partial charge in [-0.15, -0.1) is 0 Å². The minimum atomic E-state index is -0.438. The number of hydrogen-bond donors (Lipinski definition) is 0. The fourth-order valence-corrected chi connectivity index (χ4v) is 2.79. The number of anilines is 1. The summed E-state index contributed by atoms with van der Waals surface area (Å²) >= 11 is 0. The summed E-state index contributed by atoms with van der Waals surface area (Å²) in [5, 5.41) is 0. The number of rotatable bonds is 2. The zero-order valence-electron chi connectivity index (χ0n) is 14.4. The van der Waals surface area contributed by atoms with Crippen molar-refractivity contribution in [3.05, 3.63) is 29.8 Å². The number of ether oxygens (including phenoxy) is 1. The first-order chi connectivity index (χ1) is 10.3. The average molecular weight is 304 g/mol. The van der Waals surface area contributed by atoms with Crippen molar-refractivity contribution < 1.29 is 9.53 Å². The van der Waals surface area contributed by atoms with E-state index in [1.165, 1.54) is 11.3 Å². The molecule has 4 nitrogen and oxygen atoms in total. The van der Waals surface area contributed by atoms with Gasteiger partial charge in [0.2, 0.25) is 0 Å². The molecule has 1 fully saturated rings. The Kier molecular flexibility index (Phi) is 4.99. The standard InChI is InChI=1S/C18H28N2O2/c1-6-15-8-7-9-16(12-15)20-11-10-19(13-14(20)2)17(21)22-18(3,4)5/h7-9,12,14H,6,10-11,13H2,1-5H3/t14-/m1/s1. The first-order valence-electron chi connectivity index (χ1n) is 8.13. The van der Waals surface area contributed by atoms with Crippen LogP contribution in [0.3, 0.4) is 0 Å². The zero-order valence-corrected chi connectivity index (χ0v) is 14.4. The Morgan fingerprint density at radius 2 is 2.05 bits per heavy atom. The van der Waals surface area contributed by atoms with Crippen LogP contribution in [-0.4, -0.2) is 42.3 Å². The number of nitrogens with zero attached hydrogens (tertiary/aromatic N) is 2. The minimum absolute atomic E-state index is 0.207. The van der Waals surface area contributed by atoms with E-state index in [2.05, 4.69) is 43.0 Å². The topological polar surface area (TPSA) is 32.8 Å². The Balaban J connectivity index is 2.02. The third-order valence-corrected chi connectivity index (χ3v) is 3.93. The van der Waals surface area contributed by atoms with E-state index in [9.17, 15) is 4.79 Å². The third kappa shape index (κ3) is 4.15. The quantitative estimate of drug-likeness (QED) is 0.835. The number of benzene rings is 1. The molecule has 122 valence electrons. The van der Waals surface area contributed by atoms with Gasteiger partial charge in [-0.3, -0.25) is 0 Å². The SMILES string of the molecule is CCc1cccc(N2CCN(C(=O)OC(C)(C)C)C[C@H]2C)c1. The average Bonchev–Trinajstić information content (AvgIpc) is 2.45. The molecule has 1 heterocycles. The molecule has 0 saturated carbocycles. The predicted octanol–water partition coefficient (Wildman–Crippen LogP) is 3.69. The second kappa shape index (κ2) is 6.59. The number of amides is 1. The molecule has 4 heteroatoms. The molecule has 22 heavy (non-hydrogen) atoms. The number of hydrogen-bond acceptors (Lipinski definition) is 3. The molecule has 0 N–H and O–H groups in total. The van der Waals surface area contributed by atoms with E-state index >= 15 is 0 Å². The number of carbonyl (C=O) groups is 1. The molecule has 1 aliphatic rings. The summed E-state index contributed by atoms with van der Waals surface area (Å²) in [5.74, 6) is 0. The normalized spacial score (nSPS) is 19.2. The molecule has 1 atom stereocenters. The predicted molar refractivity (Wildman–Crippen MR) is 90.4 cm³/mol. The first kappa shape index (κ1) is 16.7. The van der Waals surface area contributed by atoms with Gasteiger partial charge in [-0.05, 0) is 51.8 Å². The van der Waals surface area contributed by atoms with Crippen LogP contribution in [0.4, 0.5) is 10.5 Å². The van der Waals surface area contributed by atoms with E-state index < -0.39 is 5.60 Å². The van der Waals surface area contributed by atoms with Crippen LogP contribution in [-0.2, 0) is 11.2 Å². The van der Waals surface area contributed by atoms with E-state index in [0.29, 0.717) is 13.1 Å². The van der Waals surface area contributed by atoms with Gasteiger partial charge in [-0.2, -0.15) is 0 Å². The van der Waals surface area contributed by atoms with Gasteiger partial charge < -0.3 is 14.5 Å². The molecule has 1 aliphatic heterocycles. The van der Waals surface area contributed by atoms with Gasteiger partial charge in [-0.1, -0.05) is 19.1 Å². The van der Waals surface area contributed by atoms with Crippen LogP contribution >= 0.6 is 0 Å². The highest BCUT2D eigenvalue weighted by atomic mass is 16.6. The Hall–Kier alpha value is -1.71. The highest BCUT2D eigenvalue weighted by molar-refractivity contribution is 5.69. The molecule has 1 aromatic carbocycles. The Morgan fingerprint density at radius 3 is 2.64 bits per heavy atom. The number of piperazine rings is 1. The maximum atomic E-state index is 12.2. The maximum Gasteiger partial charge on any atom is 0.410 e. The van der Waals surface area contributed by atoms with E-state index in [1.807, 2.05) is 25.7 Å². The van der Waals surface area contributed by atoms with Gasteiger partial charge in [0.1, 0.15) is 5.60 Å². The molecular weight excluding hydrogens is 276 g/mol. The van der Waals surface area contributed by atoms with Crippen molar-refractivity contribution in [1.29, 1.82) is 0 Å². The van der Waals surface area contributed by atoms with Crippen LogP contribution in [0.1, 0.15) is 40.2 Å². The summed E-state index contributed by atoms with van der Waals surface area (Å²) < 4.78 is 5.47. The van der Waals surface area contributed by atoms with E-state index in [-0.39, 0.29) is 12.1 Å². The largest absolute Gasteiger partial charge is 0.444 e. The van der Waals surface area contributed by atoms with Gasteiger partial charge in [0.25, 0.3) is 0 Å². The van der Waals surface area contributed by atoms with E-state index in [4.69, 9.17) is 4.74 Å². The first-order valence-corrected chi connectivity index (χ1v) is 8.13. The molecule has 2 rings (SSSR count). The molecule has 1 saturated heterocycles. The summed E-state index contributed by atoms with van der Waals surface area (Å²) in [6.07, 6.45) is 0.835. The molecule has 0 spiro atoms. The Morgan fingerprint density at radius 1 is 1.32 bits per heavy atom. The van der Waals surface area contributed by atoms with Gasteiger partial charge in [0.15, 0.2) is 0 Å². The molecule has 0 aromatic heterocycles. The van der Waals surface area contributed by atoms with Crippen molar-refractivity contribution in [2.24, 2.45) is 0 Å². The second-order valence-electron chi connectivity index (χ2n) is 6.99. The van der Waals surface area contributed by atoms with Crippen LogP contribution in [0.5, 0.6) is 0 Å². The monoisotopic (exact) mass is 304 g/mol. The van der Waals surface area contributed by atoms with Crippen molar-refractivity contribution in [2.45, 2.75) is 52.7 Å². The van der Waals surface area contributed by atoms with Crippen molar-refractivity contribution in [1.82, 2.24) is 4.90 Å². The molecule has 0 radical (unpaired) electrons. The number of carbonyl (C=O) groups excluding carboxylic acids is 1. The van der Waals surface area contributed by atoms with Crippen LogP contribution in [0.25, 0.3) is 0 Å². The van der Waals surface area contributed by atoms with Crippen LogP contribution in [0.2, 0.25) is 0 Å². The maximum absolute atomic E-state index is 12.2. The lowest BCUT2D eigenvalue weighted by molar-refractivity contribution is 0.0219. The van der Waals surface area contributed by atoms with Crippen molar-refractivity contribution in [2.75, 3.05) is 24.5 Å². The Bertz CT molecular complexity index is 522. The molecule has 0 bridgehead atoms. The molecular formula is C18H28N2O2. The summed E-state index contributed by atoms with van der Waals surface area (Å²) in [4.78, 5) is 16.4. The van der Waals surface area contributed by atoms with Gasteiger partial charge >= 0.3 is 6.09 Å². The third-order valence-electron chi connectivity index (χ3n) is 3.93. The highest BCUT2D eigenvalue weighted by Gasteiger charge is 2.29. The van der Waals surface area contributed by atoms with Crippen molar-refractivity contribution in [3.63, 3.8) is 0 Å². The summed E-state index contributed by atoms with van der Waals surface area (Å²) in [6, 6.07) is 8.96. The Labute approximate surface area is 134 Å². The van der Waals surface area contributed by atoms with Crippen LogP contribution in [0.15, 0.2) is 24.3 Å². The van der Waals surface area contributed by atoms with Gasteiger partial charge in [-0.25, -0.2) is 4.79 Å². The fraction of sp³-hybridized carbons (Fsp3) is 0.611. The smallest absolute Gasteiger partial charge is 0.410 e. The van der Waals surface area contributed by atoms with Crippen LogP contribution < -0.4 is 4.90 Å². The fourth-order valence-electron chi connectivity index (χ4n) is 2.79. The number of aryl methyl sites for hydroxylation is 1. The van der Waals surface area contributed by atoms with E-state index in [0.717, 1.165) is 13.0 Å². The zero-order chi connectivity index (χ0) is 16.3. The summed E-state index contributed by atoms with van der Waals surface area (Å²) in [6.45, 7) is 12.3. The molecule has 1 aromatic rings. The molecule has 0 aliphatic carbocycles. The van der Waals surface area contributed by atoms with Gasteiger partial charge in [0.05, 0.1) is 0 Å². The lowest BCUT2D eigenvalue weighted by Gasteiger charge is -2.41. The molecule has 1 amide bonds. The van der Waals surface area contributed by atoms with Gasteiger partial charge in [0, 0.05) is 31.4 Å². The molecule has 0 unspecified atom stereocenters. The van der Waals surface area contributed by atoms with E-state index in [1.54, 1.807) is 0 Å². The van der Waals surface area contributed by atoms with Crippen molar-refractivity contribution in [3.8, 4) is 0 Å². The lowest BCUT2D eigenvalue weighted by atomic mass is 10.1. The lowest BCUT2D eigenvalue weighted by Crippen LogP contribution is -2.54. The second-order valence-corrected chi connectivity index (χ2v) is 6.99.